The summed E-state index contributed by atoms with van der Waals surface area (Å²) < 4.78 is 5.03. The van der Waals surface area contributed by atoms with Crippen molar-refractivity contribution in [2.24, 2.45) is 5.92 Å². The summed E-state index contributed by atoms with van der Waals surface area (Å²) >= 11 is 0. The van der Waals surface area contributed by atoms with Crippen molar-refractivity contribution in [3.8, 4) is 0 Å². The van der Waals surface area contributed by atoms with Gasteiger partial charge < -0.3 is 14.9 Å². The van der Waals surface area contributed by atoms with Crippen LogP contribution >= 0.6 is 0 Å². The second-order valence-electron chi connectivity index (χ2n) is 4.47. The molecule has 2 N–H and O–H groups in total. The van der Waals surface area contributed by atoms with Gasteiger partial charge in [0.2, 0.25) is 0 Å². The third kappa shape index (κ3) is 1.33. The molecule has 1 heterocycles. The van der Waals surface area contributed by atoms with E-state index in [-0.39, 0.29) is 5.57 Å². The highest BCUT2D eigenvalue weighted by Crippen LogP contribution is 2.48. The topological polar surface area (TPSA) is 66.8 Å². The number of hydrogen-bond donors (Lipinski definition) is 2. The molecule has 0 aromatic heterocycles. The Morgan fingerprint density at radius 1 is 1.62 bits per heavy atom. The van der Waals surface area contributed by atoms with Crippen molar-refractivity contribution in [1.29, 1.82) is 0 Å². The largest absolute Gasteiger partial charge is 0.455 e. The summed E-state index contributed by atoms with van der Waals surface area (Å²) in [5, 5.41) is 20.4. The van der Waals surface area contributed by atoms with E-state index in [1.54, 1.807) is 6.08 Å². The van der Waals surface area contributed by atoms with Crippen molar-refractivity contribution in [3.05, 3.63) is 24.8 Å². The third-order valence-electron chi connectivity index (χ3n) is 3.65. The summed E-state index contributed by atoms with van der Waals surface area (Å²) in [6.45, 7) is 7.13. The van der Waals surface area contributed by atoms with Crippen LogP contribution in [0.1, 0.15) is 19.3 Å². The predicted octanol–water partition coefficient (Wildman–Crippen LogP) is 0.546. The van der Waals surface area contributed by atoms with Gasteiger partial charge in [0.25, 0.3) is 0 Å². The number of aliphatic hydroxyl groups excluding tert-OH is 1. The Balaban J connectivity index is 2.27. The van der Waals surface area contributed by atoms with Crippen molar-refractivity contribution in [2.45, 2.75) is 37.1 Å². The Labute approximate surface area is 94.2 Å². The van der Waals surface area contributed by atoms with Gasteiger partial charge in [0.05, 0.1) is 11.7 Å². The van der Waals surface area contributed by atoms with E-state index in [4.69, 9.17) is 4.74 Å². The average molecular weight is 224 g/mol. The number of fused-ring (bicyclic) bond motifs is 1. The van der Waals surface area contributed by atoms with Crippen LogP contribution < -0.4 is 0 Å². The van der Waals surface area contributed by atoms with Crippen LogP contribution in [-0.4, -0.2) is 34.0 Å². The lowest BCUT2D eigenvalue weighted by atomic mass is 9.80. The van der Waals surface area contributed by atoms with Gasteiger partial charge >= 0.3 is 5.97 Å². The van der Waals surface area contributed by atoms with E-state index >= 15 is 0 Å². The van der Waals surface area contributed by atoms with Gasteiger partial charge in [-0.1, -0.05) is 12.7 Å². The van der Waals surface area contributed by atoms with Crippen LogP contribution in [0.25, 0.3) is 0 Å². The molecule has 1 saturated heterocycles. The van der Waals surface area contributed by atoms with Crippen LogP contribution in [0.15, 0.2) is 24.8 Å². The molecule has 16 heavy (non-hydrogen) atoms. The molecule has 0 aromatic carbocycles. The lowest BCUT2D eigenvalue weighted by Gasteiger charge is -2.30. The standard InChI is InChI=1S/C12H16O4/c1-3-4-9(13)8-5-6-10-12(8,15)7(2)11(14)16-10/h3,8-10,13,15H,1-2,4-6H2/t8-,9-,10-,12-/m1/s1. The smallest absolute Gasteiger partial charge is 0.336 e. The van der Waals surface area contributed by atoms with Gasteiger partial charge in [0.1, 0.15) is 11.7 Å². The van der Waals surface area contributed by atoms with Gasteiger partial charge in [-0.3, -0.25) is 0 Å². The van der Waals surface area contributed by atoms with E-state index in [2.05, 4.69) is 13.2 Å². The second-order valence-corrected chi connectivity index (χ2v) is 4.47. The maximum absolute atomic E-state index is 11.3. The Kier molecular flexibility index (Phi) is 2.64. The van der Waals surface area contributed by atoms with Gasteiger partial charge in [0, 0.05) is 5.92 Å². The van der Waals surface area contributed by atoms with E-state index in [9.17, 15) is 15.0 Å². The monoisotopic (exact) mass is 224 g/mol. The number of esters is 1. The molecule has 1 saturated carbocycles. The predicted molar refractivity (Wildman–Crippen MR) is 57.5 cm³/mol. The zero-order valence-electron chi connectivity index (χ0n) is 9.06. The maximum Gasteiger partial charge on any atom is 0.336 e. The normalized spacial score (nSPS) is 39.4. The van der Waals surface area contributed by atoms with Gasteiger partial charge in [-0.15, -0.1) is 6.58 Å². The quantitative estimate of drug-likeness (QED) is 0.417. The van der Waals surface area contributed by atoms with Crippen LogP contribution in [0.3, 0.4) is 0 Å². The summed E-state index contributed by atoms with van der Waals surface area (Å²) in [5.41, 5.74) is -1.32. The molecule has 1 aliphatic heterocycles. The molecule has 2 rings (SSSR count). The van der Waals surface area contributed by atoms with E-state index in [1.165, 1.54) is 0 Å². The number of rotatable bonds is 3. The van der Waals surface area contributed by atoms with Crippen molar-refractivity contribution in [1.82, 2.24) is 0 Å². The zero-order chi connectivity index (χ0) is 11.9. The fourth-order valence-corrected chi connectivity index (χ4v) is 2.76. The van der Waals surface area contributed by atoms with Crippen molar-refractivity contribution >= 4 is 5.97 Å². The molecular weight excluding hydrogens is 208 g/mol. The molecular formula is C12H16O4. The lowest BCUT2D eigenvalue weighted by molar-refractivity contribution is -0.140. The summed E-state index contributed by atoms with van der Waals surface area (Å²) in [6, 6.07) is 0. The molecule has 0 amide bonds. The average Bonchev–Trinajstić information content (AvgIpc) is 2.65. The first-order valence-corrected chi connectivity index (χ1v) is 5.43. The SMILES string of the molecule is C=CC[C@@H](O)[C@H]1CC[C@H]2OC(=O)C(=C)[C@@]12O. The highest BCUT2D eigenvalue weighted by Gasteiger charge is 2.61. The molecule has 2 aliphatic rings. The molecule has 2 fully saturated rings. The van der Waals surface area contributed by atoms with Crippen molar-refractivity contribution in [3.63, 3.8) is 0 Å². The molecule has 1 aliphatic carbocycles. The third-order valence-corrected chi connectivity index (χ3v) is 3.65. The number of carbonyl (C=O) groups excluding carboxylic acids is 1. The van der Waals surface area contributed by atoms with Crippen molar-refractivity contribution in [2.75, 3.05) is 0 Å². The summed E-state index contributed by atoms with van der Waals surface area (Å²) in [4.78, 5) is 11.3. The molecule has 4 atom stereocenters. The molecule has 0 unspecified atom stereocenters. The first-order valence-electron chi connectivity index (χ1n) is 5.43. The zero-order valence-corrected chi connectivity index (χ0v) is 9.06. The molecule has 88 valence electrons. The first kappa shape index (κ1) is 11.4. The fourth-order valence-electron chi connectivity index (χ4n) is 2.76. The van der Waals surface area contributed by atoms with E-state index < -0.39 is 29.7 Å². The van der Waals surface area contributed by atoms with E-state index in [0.717, 1.165) is 0 Å². The Morgan fingerprint density at radius 2 is 2.31 bits per heavy atom. The Morgan fingerprint density at radius 3 is 2.94 bits per heavy atom. The van der Waals surface area contributed by atoms with Crippen LogP contribution in [0.5, 0.6) is 0 Å². The molecule has 4 heteroatoms. The van der Waals surface area contributed by atoms with Gasteiger partial charge in [-0.2, -0.15) is 0 Å². The lowest BCUT2D eigenvalue weighted by Crippen LogP contribution is -2.45. The van der Waals surface area contributed by atoms with Gasteiger partial charge in [0.15, 0.2) is 0 Å². The van der Waals surface area contributed by atoms with Crippen LogP contribution in [0.4, 0.5) is 0 Å². The maximum atomic E-state index is 11.3. The summed E-state index contributed by atoms with van der Waals surface area (Å²) in [5.74, 6) is -0.947. The molecule has 0 spiro atoms. The number of hydrogen-bond acceptors (Lipinski definition) is 4. The minimum Gasteiger partial charge on any atom is -0.455 e. The van der Waals surface area contributed by atoms with E-state index in [0.29, 0.717) is 19.3 Å². The summed E-state index contributed by atoms with van der Waals surface area (Å²) in [7, 11) is 0. The minimum absolute atomic E-state index is 0.0723. The Bertz CT molecular complexity index is 349. The van der Waals surface area contributed by atoms with Gasteiger partial charge in [-0.05, 0) is 19.3 Å². The Hall–Kier alpha value is -1.13. The van der Waals surface area contributed by atoms with Crippen LogP contribution in [0, 0.1) is 5.92 Å². The fraction of sp³-hybridized carbons (Fsp3) is 0.583. The van der Waals surface area contributed by atoms with Crippen molar-refractivity contribution < 1.29 is 19.7 Å². The molecule has 0 radical (unpaired) electrons. The number of ether oxygens (including phenoxy) is 1. The highest BCUT2D eigenvalue weighted by atomic mass is 16.6. The van der Waals surface area contributed by atoms with Crippen LogP contribution in [-0.2, 0) is 9.53 Å². The highest BCUT2D eigenvalue weighted by molar-refractivity contribution is 5.93. The number of aliphatic hydroxyl groups is 2. The minimum atomic E-state index is -1.39. The van der Waals surface area contributed by atoms with Gasteiger partial charge in [-0.25, -0.2) is 4.79 Å². The summed E-state index contributed by atoms with van der Waals surface area (Å²) in [6.07, 6.45) is 1.93. The molecule has 0 aromatic rings. The first-order chi connectivity index (χ1) is 7.51. The number of carbonyl (C=O) groups is 1. The second kappa shape index (κ2) is 3.71. The molecule has 4 nitrogen and oxygen atoms in total. The van der Waals surface area contributed by atoms with Crippen LogP contribution in [0.2, 0.25) is 0 Å². The van der Waals surface area contributed by atoms with E-state index in [1.807, 2.05) is 0 Å². The molecule has 0 bridgehead atoms.